The summed E-state index contributed by atoms with van der Waals surface area (Å²) < 4.78 is 13.4. The Morgan fingerprint density at radius 1 is 1.25 bits per heavy atom. The lowest BCUT2D eigenvalue weighted by molar-refractivity contribution is 0.479. The topological polar surface area (TPSA) is 0 Å². The Hall–Kier alpha value is -0.850. The van der Waals surface area contributed by atoms with Gasteiger partial charge in [-0.1, -0.05) is 45.1 Å². The van der Waals surface area contributed by atoms with E-state index in [1.807, 2.05) is 45.1 Å². The van der Waals surface area contributed by atoms with E-state index < -0.39 is 0 Å². The minimum absolute atomic E-state index is 0.00694. The van der Waals surface area contributed by atoms with E-state index in [1.54, 1.807) is 0 Å². The average molecular weight is 166 g/mol. The van der Waals surface area contributed by atoms with Gasteiger partial charge in [0.2, 0.25) is 0 Å². The third kappa shape index (κ3) is 2.07. The SMILES string of the molecule is CC(C)(C)C1=C(F)CC=CC=C1. The monoisotopic (exact) mass is 166 g/mol. The summed E-state index contributed by atoms with van der Waals surface area (Å²) in [6.07, 6.45) is 7.91. The van der Waals surface area contributed by atoms with Gasteiger partial charge in [0.15, 0.2) is 0 Å². The quantitative estimate of drug-likeness (QED) is 0.514. The van der Waals surface area contributed by atoms with Crippen LogP contribution in [-0.4, -0.2) is 0 Å². The van der Waals surface area contributed by atoms with Gasteiger partial charge in [-0.3, -0.25) is 0 Å². The van der Waals surface area contributed by atoms with Crippen molar-refractivity contribution < 1.29 is 4.39 Å². The van der Waals surface area contributed by atoms with Crippen molar-refractivity contribution in [1.82, 2.24) is 0 Å². The molecule has 0 saturated carbocycles. The molecular weight excluding hydrogens is 151 g/mol. The predicted octanol–water partition coefficient (Wildman–Crippen LogP) is 3.77. The molecule has 0 aromatic carbocycles. The van der Waals surface area contributed by atoms with Crippen molar-refractivity contribution in [2.45, 2.75) is 27.2 Å². The lowest BCUT2D eigenvalue weighted by Crippen LogP contribution is -2.08. The van der Waals surface area contributed by atoms with Crippen LogP contribution >= 0.6 is 0 Å². The number of rotatable bonds is 0. The molecule has 0 unspecified atom stereocenters. The van der Waals surface area contributed by atoms with Crippen molar-refractivity contribution in [3.63, 3.8) is 0 Å². The third-order valence-electron chi connectivity index (χ3n) is 1.91. The highest BCUT2D eigenvalue weighted by Gasteiger charge is 2.19. The normalized spacial score (nSPS) is 18.3. The lowest BCUT2D eigenvalue weighted by atomic mass is 9.85. The van der Waals surface area contributed by atoms with E-state index in [1.165, 1.54) is 0 Å². The zero-order chi connectivity index (χ0) is 9.19. The van der Waals surface area contributed by atoms with Gasteiger partial charge in [-0.2, -0.15) is 0 Å². The first-order valence-electron chi connectivity index (χ1n) is 4.24. The zero-order valence-corrected chi connectivity index (χ0v) is 7.89. The highest BCUT2D eigenvalue weighted by molar-refractivity contribution is 5.33. The van der Waals surface area contributed by atoms with Gasteiger partial charge in [0.05, 0.1) is 0 Å². The first-order chi connectivity index (χ1) is 5.52. The third-order valence-corrected chi connectivity index (χ3v) is 1.91. The molecule has 1 aliphatic rings. The van der Waals surface area contributed by atoms with E-state index in [2.05, 4.69) is 0 Å². The Kier molecular flexibility index (Phi) is 2.51. The van der Waals surface area contributed by atoms with Crippen LogP contribution in [0.4, 0.5) is 4.39 Å². The van der Waals surface area contributed by atoms with Crippen molar-refractivity contribution in [2.24, 2.45) is 5.41 Å². The molecule has 0 fully saturated rings. The minimum atomic E-state index is -0.0907. The van der Waals surface area contributed by atoms with Crippen LogP contribution in [0.1, 0.15) is 27.2 Å². The van der Waals surface area contributed by atoms with Crippen LogP contribution in [0.15, 0.2) is 35.7 Å². The Balaban J connectivity index is 3.01. The minimum Gasteiger partial charge on any atom is -0.211 e. The van der Waals surface area contributed by atoms with Gasteiger partial charge >= 0.3 is 0 Å². The summed E-state index contributed by atoms with van der Waals surface area (Å²) in [5.74, 6) is -0.00694. The summed E-state index contributed by atoms with van der Waals surface area (Å²) in [5.41, 5.74) is 0.722. The molecule has 0 aliphatic heterocycles. The van der Waals surface area contributed by atoms with E-state index in [0.29, 0.717) is 6.42 Å². The van der Waals surface area contributed by atoms with Gasteiger partial charge in [0, 0.05) is 6.42 Å². The standard InChI is InChI=1S/C11H15F/c1-11(2,3)9-7-5-4-6-8-10(9)12/h4-7H,8H2,1-3H3. The highest BCUT2D eigenvalue weighted by Crippen LogP contribution is 2.32. The molecule has 1 rings (SSSR count). The van der Waals surface area contributed by atoms with Crippen LogP contribution in [0.3, 0.4) is 0 Å². The number of halogens is 1. The Morgan fingerprint density at radius 2 is 1.92 bits per heavy atom. The molecule has 0 amide bonds. The molecule has 0 radical (unpaired) electrons. The van der Waals surface area contributed by atoms with Gasteiger partial charge in [0.25, 0.3) is 0 Å². The molecule has 0 heterocycles. The van der Waals surface area contributed by atoms with Crippen molar-refractivity contribution in [2.75, 3.05) is 0 Å². The molecule has 0 N–H and O–H groups in total. The van der Waals surface area contributed by atoms with Gasteiger partial charge in [0.1, 0.15) is 5.83 Å². The van der Waals surface area contributed by atoms with Gasteiger partial charge in [-0.05, 0) is 11.0 Å². The number of hydrogen-bond donors (Lipinski definition) is 0. The molecule has 1 aliphatic carbocycles. The molecule has 0 atom stereocenters. The van der Waals surface area contributed by atoms with Crippen LogP contribution in [-0.2, 0) is 0 Å². The Labute approximate surface area is 73.5 Å². The average Bonchev–Trinajstić information content (AvgIpc) is 2.11. The largest absolute Gasteiger partial charge is 0.211 e. The summed E-state index contributed by atoms with van der Waals surface area (Å²) in [6.45, 7) is 6.08. The summed E-state index contributed by atoms with van der Waals surface area (Å²) in [6, 6.07) is 0. The molecule has 1 heteroatoms. The Bertz CT molecular complexity index is 249. The van der Waals surface area contributed by atoms with E-state index in [0.717, 1.165) is 5.57 Å². The van der Waals surface area contributed by atoms with Crippen LogP contribution in [0.5, 0.6) is 0 Å². The van der Waals surface area contributed by atoms with E-state index in [4.69, 9.17) is 0 Å². The highest BCUT2D eigenvalue weighted by atomic mass is 19.1. The second kappa shape index (κ2) is 3.26. The van der Waals surface area contributed by atoms with Crippen molar-refractivity contribution in [3.8, 4) is 0 Å². The second-order valence-electron chi connectivity index (χ2n) is 4.06. The molecule has 0 aromatic rings. The smallest absolute Gasteiger partial charge is 0.107 e. The molecule has 0 bridgehead atoms. The molecular formula is C11H15F. The van der Waals surface area contributed by atoms with Crippen LogP contribution < -0.4 is 0 Å². The first kappa shape index (κ1) is 9.24. The van der Waals surface area contributed by atoms with Crippen LogP contribution in [0, 0.1) is 5.41 Å². The van der Waals surface area contributed by atoms with E-state index >= 15 is 0 Å². The summed E-state index contributed by atoms with van der Waals surface area (Å²) in [5, 5.41) is 0. The Morgan fingerprint density at radius 3 is 2.50 bits per heavy atom. The fourth-order valence-corrected chi connectivity index (χ4v) is 1.26. The number of hydrogen-bond acceptors (Lipinski definition) is 0. The summed E-state index contributed by atoms with van der Waals surface area (Å²) >= 11 is 0. The maximum Gasteiger partial charge on any atom is 0.107 e. The molecule has 66 valence electrons. The van der Waals surface area contributed by atoms with Crippen molar-refractivity contribution in [3.05, 3.63) is 35.7 Å². The fraction of sp³-hybridized carbons (Fsp3) is 0.455. The summed E-state index contributed by atoms with van der Waals surface area (Å²) in [4.78, 5) is 0. The van der Waals surface area contributed by atoms with E-state index in [-0.39, 0.29) is 11.2 Å². The molecule has 0 saturated heterocycles. The van der Waals surface area contributed by atoms with Crippen molar-refractivity contribution in [1.29, 1.82) is 0 Å². The van der Waals surface area contributed by atoms with Crippen molar-refractivity contribution >= 4 is 0 Å². The molecule has 0 aromatic heterocycles. The lowest BCUT2D eigenvalue weighted by Gasteiger charge is -2.20. The zero-order valence-electron chi connectivity index (χ0n) is 7.89. The first-order valence-corrected chi connectivity index (χ1v) is 4.24. The summed E-state index contributed by atoms with van der Waals surface area (Å²) in [7, 11) is 0. The molecule has 12 heavy (non-hydrogen) atoms. The predicted molar refractivity (Wildman–Crippen MR) is 50.5 cm³/mol. The van der Waals surface area contributed by atoms with Gasteiger partial charge < -0.3 is 0 Å². The fourth-order valence-electron chi connectivity index (χ4n) is 1.26. The van der Waals surface area contributed by atoms with Crippen LogP contribution in [0.2, 0.25) is 0 Å². The van der Waals surface area contributed by atoms with E-state index in [9.17, 15) is 4.39 Å². The van der Waals surface area contributed by atoms with Gasteiger partial charge in [-0.25, -0.2) is 4.39 Å². The van der Waals surface area contributed by atoms with Crippen LogP contribution in [0.25, 0.3) is 0 Å². The molecule has 0 spiro atoms. The maximum absolute atomic E-state index is 13.4. The maximum atomic E-state index is 13.4. The molecule has 0 nitrogen and oxygen atoms in total. The second-order valence-corrected chi connectivity index (χ2v) is 4.06. The number of allylic oxidation sites excluding steroid dienone is 6. The van der Waals surface area contributed by atoms with Gasteiger partial charge in [-0.15, -0.1) is 0 Å².